The van der Waals surface area contributed by atoms with Crippen molar-refractivity contribution in [2.24, 2.45) is 17.8 Å². The first-order valence-electron chi connectivity index (χ1n) is 34.0. The van der Waals surface area contributed by atoms with Gasteiger partial charge in [-0.15, -0.1) is 0 Å². The molecule has 0 radical (unpaired) electrons. The number of nitrogens with one attached hydrogen (secondary N) is 2. The molecule has 24 nitrogen and oxygen atoms in total. The summed E-state index contributed by atoms with van der Waals surface area (Å²) >= 11 is 6.14. The van der Waals surface area contributed by atoms with Crippen molar-refractivity contribution in [2.45, 2.75) is 193 Å². The fourth-order valence-corrected chi connectivity index (χ4v) is 13.1. The molecule has 5 rings (SSSR count). The summed E-state index contributed by atoms with van der Waals surface area (Å²) in [7, 11) is 11.2. The molecular weight excluding hydrogens is 1290 g/mol. The number of carbonyl (C=O) groups excluding carboxylic acids is 12. The number of nitrogens with zero attached hydrogens (tertiary/aromatic N) is 10. The van der Waals surface area contributed by atoms with Crippen molar-refractivity contribution in [2.75, 3.05) is 89.1 Å². The van der Waals surface area contributed by atoms with E-state index in [9.17, 15) is 56.3 Å². The molecule has 2 aromatic rings. The van der Waals surface area contributed by atoms with Crippen LogP contribution in [0.2, 0.25) is 5.02 Å². The van der Waals surface area contributed by atoms with Gasteiger partial charge in [-0.25, -0.2) is 0 Å². The molecule has 544 valence electrons. The molecule has 3 heterocycles. The van der Waals surface area contributed by atoms with Gasteiger partial charge in [-0.05, 0) is 99.8 Å². The van der Waals surface area contributed by atoms with Crippen LogP contribution in [0.25, 0.3) is 0 Å². The Morgan fingerprint density at radius 3 is 1.81 bits per heavy atom. The zero-order valence-electron chi connectivity index (χ0n) is 60.2. The summed E-state index contributed by atoms with van der Waals surface area (Å²) in [6.45, 7) is 14.9. The normalized spacial score (nSPS) is 25.1. The molecule has 98 heavy (non-hydrogen) atoms. The Balaban J connectivity index is 1.64. The highest BCUT2D eigenvalue weighted by Crippen LogP contribution is 2.36. The molecule has 12 amide bonds. The molecule has 2 N–H and O–H groups in total. The van der Waals surface area contributed by atoms with E-state index in [1.165, 1.54) is 109 Å². The Morgan fingerprint density at radius 1 is 0.653 bits per heavy atom. The number of benzene rings is 2. The summed E-state index contributed by atoms with van der Waals surface area (Å²) in [6.07, 6.45) is -3.93. The van der Waals surface area contributed by atoms with Crippen molar-refractivity contribution in [3.63, 3.8) is 0 Å². The van der Waals surface area contributed by atoms with Crippen LogP contribution >= 0.6 is 11.6 Å². The molecule has 3 fully saturated rings. The molecule has 0 saturated carbocycles. The first-order valence-corrected chi connectivity index (χ1v) is 34.4. The lowest BCUT2D eigenvalue weighted by molar-refractivity contribution is -0.160. The first-order chi connectivity index (χ1) is 45.8. The van der Waals surface area contributed by atoms with Crippen molar-refractivity contribution in [3.8, 4) is 0 Å². The average Bonchev–Trinajstić information content (AvgIpc) is 0.965. The molecule has 3 saturated heterocycles. The smallest absolute Gasteiger partial charge is 0.347 e. The second-order valence-electron chi connectivity index (χ2n) is 27.5. The summed E-state index contributed by atoms with van der Waals surface area (Å²) in [4.78, 5) is 190. The first kappa shape index (κ1) is 80.8. The van der Waals surface area contributed by atoms with Crippen LogP contribution in [0.1, 0.15) is 135 Å². The van der Waals surface area contributed by atoms with Gasteiger partial charge in [0.25, 0.3) is 0 Å². The number of rotatable bonds is 14. The molecule has 28 heteroatoms. The average molecular weight is 1400 g/mol. The number of aryl methyl sites for hydroxylation is 2. The summed E-state index contributed by atoms with van der Waals surface area (Å²) in [5.74, 6) is -9.48. The van der Waals surface area contributed by atoms with Gasteiger partial charge in [-0.2, -0.15) is 13.2 Å². The van der Waals surface area contributed by atoms with Gasteiger partial charge in [-0.3, -0.25) is 57.5 Å². The summed E-state index contributed by atoms with van der Waals surface area (Å²) < 4.78 is 41.5. The Morgan fingerprint density at radius 2 is 1.26 bits per heavy atom. The third kappa shape index (κ3) is 19.7. The fraction of sp³-hybridized carbons (Fsp3) is 0.657. The Labute approximate surface area is 580 Å². The van der Waals surface area contributed by atoms with Crippen LogP contribution in [0, 0.1) is 24.7 Å². The van der Waals surface area contributed by atoms with Crippen LogP contribution in [-0.2, 0) is 76.6 Å². The number of likely N-dealkylation sites (N-methyl/N-ethyl adjacent to an activating group) is 7. The molecule has 3 aliphatic heterocycles. The van der Waals surface area contributed by atoms with E-state index in [1.54, 1.807) is 39.8 Å². The van der Waals surface area contributed by atoms with E-state index in [-0.39, 0.29) is 69.6 Å². The predicted octanol–water partition coefficient (Wildman–Crippen LogP) is 4.89. The van der Waals surface area contributed by atoms with E-state index in [4.69, 9.17) is 11.6 Å². The topological polar surface area (TPSA) is 261 Å². The van der Waals surface area contributed by atoms with Crippen LogP contribution in [0.3, 0.4) is 0 Å². The Bertz CT molecular complexity index is 3230. The van der Waals surface area contributed by atoms with Gasteiger partial charge in [0.15, 0.2) is 0 Å². The molecule has 1 unspecified atom stereocenters. The van der Waals surface area contributed by atoms with Gasteiger partial charge in [0, 0.05) is 82.4 Å². The SMILES string of the molecule is CCCN1CC(=O)N(C)C([C@@H](C)CC)C(=O)N(C)[C@H](C(=O)N(C)C)CC(=O)N(C)[C@@H](CC(C)C)C(=O)N[C@@H]([C@@H](C)CC)C(=O)N(C)[C@@H](C)C(=O)N2CC[C@H]2C(=O)N(C)[C@@H](Cc2ccc(C)cc2)C(=O)N(C)CC(=O)N[C@@H](CCc2ccc(C(F)(F)F)c(Cl)c2)C(=O)N2CCC[C@H]2C1=O. The summed E-state index contributed by atoms with van der Waals surface area (Å²) in [6, 6.07) is -1.02. The van der Waals surface area contributed by atoms with E-state index in [2.05, 4.69) is 10.6 Å². The van der Waals surface area contributed by atoms with E-state index >= 15 is 14.4 Å². The van der Waals surface area contributed by atoms with Gasteiger partial charge in [0.05, 0.1) is 30.1 Å². The van der Waals surface area contributed by atoms with Gasteiger partial charge in [0.2, 0.25) is 70.9 Å². The third-order valence-electron chi connectivity index (χ3n) is 19.7. The van der Waals surface area contributed by atoms with E-state index < -0.39 is 173 Å². The van der Waals surface area contributed by atoms with Crippen molar-refractivity contribution in [1.29, 1.82) is 0 Å². The number of hydrogen-bond donors (Lipinski definition) is 2. The van der Waals surface area contributed by atoms with Crippen molar-refractivity contribution >= 4 is 82.5 Å². The lowest BCUT2D eigenvalue weighted by Gasteiger charge is -2.45. The minimum Gasteiger partial charge on any atom is -0.347 e. The summed E-state index contributed by atoms with van der Waals surface area (Å²) in [5, 5.41) is 5.03. The van der Waals surface area contributed by atoms with Crippen LogP contribution in [-0.4, -0.2) is 263 Å². The van der Waals surface area contributed by atoms with Crippen LogP contribution in [0.5, 0.6) is 0 Å². The number of alkyl halides is 3. The highest BCUT2D eigenvalue weighted by Gasteiger charge is 2.47. The van der Waals surface area contributed by atoms with E-state index in [0.29, 0.717) is 31.2 Å². The zero-order valence-corrected chi connectivity index (χ0v) is 60.9. The largest absolute Gasteiger partial charge is 0.417 e. The molecule has 11 atom stereocenters. The lowest BCUT2D eigenvalue weighted by atomic mass is 9.94. The van der Waals surface area contributed by atoms with Crippen molar-refractivity contribution in [3.05, 3.63) is 69.7 Å². The second-order valence-corrected chi connectivity index (χ2v) is 27.9. The minimum absolute atomic E-state index is 0.0189. The zero-order chi connectivity index (χ0) is 73.7. The fourth-order valence-electron chi connectivity index (χ4n) is 12.8. The van der Waals surface area contributed by atoms with E-state index in [0.717, 1.165) is 27.5 Å². The molecular formula is C70H104ClF3N12O12. The number of halogens is 4. The van der Waals surface area contributed by atoms with Gasteiger partial charge < -0.3 is 59.6 Å². The molecule has 0 spiro atoms. The lowest BCUT2D eigenvalue weighted by Crippen LogP contribution is -2.65. The number of hydrogen-bond acceptors (Lipinski definition) is 12. The summed E-state index contributed by atoms with van der Waals surface area (Å²) in [5.41, 5.74) is 0.758. The minimum atomic E-state index is -4.77. The van der Waals surface area contributed by atoms with Gasteiger partial charge in [0.1, 0.15) is 54.4 Å². The predicted molar refractivity (Wildman–Crippen MR) is 363 cm³/mol. The van der Waals surface area contributed by atoms with Crippen molar-refractivity contribution in [1.82, 2.24) is 59.6 Å². The van der Waals surface area contributed by atoms with Gasteiger partial charge in [-0.1, -0.05) is 109 Å². The molecule has 0 aliphatic carbocycles. The standard InChI is InChI=1S/C70H104ClF3N12O12/c1-18-32-84-40-58(89)83(17)60(44(8)20-3)69(98)82(16)55(64(93)77(10)11)38-57(88)80(14)53(35-41(4)5)61(90)76-59(43(7)19-2)68(97)79(13)45(9)62(91)86-34-31-52(86)66(95)81(15)54(37-47-25-23-42(6)24-26-47)65(94)78(12)39-56(87)75-50(63(92)85-33-21-22-51(85)67(84)96)30-28-46-27-29-48(49(71)36-46)70(72,73)74/h23-27,29,36,41,43-45,50-55,59-60H,18-22,28,30-35,37-40H2,1-17H3,(H,75,87)(H,76,90)/t43-,44-,45-,50-,51-,52-,53-,54-,55-,59-,60?/m0/s1. The highest BCUT2D eigenvalue weighted by atomic mass is 35.5. The maximum atomic E-state index is 15.1. The number of fused-ring (bicyclic) bond motifs is 2. The quantitative estimate of drug-likeness (QED) is 0.256. The van der Waals surface area contributed by atoms with Crippen LogP contribution in [0.15, 0.2) is 42.5 Å². The Kier molecular flexibility index (Phi) is 29.1. The third-order valence-corrected chi connectivity index (χ3v) is 20.0. The van der Waals surface area contributed by atoms with Crippen LogP contribution in [0.4, 0.5) is 13.2 Å². The maximum absolute atomic E-state index is 15.1. The molecule has 0 bridgehead atoms. The number of amides is 12. The monoisotopic (exact) mass is 1400 g/mol. The molecule has 3 aliphatic rings. The second kappa shape index (κ2) is 35.3. The Hall–Kier alpha value is -7.84. The van der Waals surface area contributed by atoms with Crippen LogP contribution < -0.4 is 10.6 Å². The molecule has 2 aromatic carbocycles. The highest BCUT2D eigenvalue weighted by molar-refractivity contribution is 6.31. The number of carbonyl (C=O) groups is 12. The maximum Gasteiger partial charge on any atom is 0.417 e. The van der Waals surface area contributed by atoms with E-state index in [1.807, 2.05) is 39.8 Å². The molecule has 0 aromatic heterocycles. The van der Waals surface area contributed by atoms with Crippen molar-refractivity contribution < 1.29 is 70.7 Å². The van der Waals surface area contributed by atoms with Gasteiger partial charge >= 0.3 is 6.18 Å².